The van der Waals surface area contributed by atoms with E-state index < -0.39 is 5.97 Å². The fourth-order valence-corrected chi connectivity index (χ4v) is 1.93. The Morgan fingerprint density at radius 2 is 2.24 bits per heavy atom. The number of ether oxygens (including phenoxy) is 2. The van der Waals surface area contributed by atoms with Gasteiger partial charge in [0.15, 0.2) is 0 Å². The Bertz CT molecular complexity index is 446. The van der Waals surface area contributed by atoms with Gasteiger partial charge in [0.1, 0.15) is 12.7 Å². The number of aliphatic carboxylic acids is 1. The van der Waals surface area contributed by atoms with Crippen molar-refractivity contribution in [1.82, 2.24) is 0 Å². The SMILES string of the molecule is C=C(C)C(=O)OCC1CO1.C=CCC1CCC=C1C(=O)O. The van der Waals surface area contributed by atoms with Crippen LogP contribution in [0.4, 0.5) is 0 Å². The molecule has 0 aromatic rings. The molecule has 1 fully saturated rings. The highest BCUT2D eigenvalue weighted by molar-refractivity contribution is 5.87. The fraction of sp³-hybridized carbons (Fsp3) is 0.500. The number of epoxide rings is 1. The highest BCUT2D eigenvalue weighted by atomic mass is 16.6. The van der Waals surface area contributed by atoms with Crippen LogP contribution in [0.3, 0.4) is 0 Å². The first-order valence-corrected chi connectivity index (χ1v) is 6.94. The van der Waals surface area contributed by atoms with Crippen LogP contribution in [0.5, 0.6) is 0 Å². The van der Waals surface area contributed by atoms with Crippen LogP contribution in [-0.4, -0.2) is 36.4 Å². The monoisotopic (exact) mass is 294 g/mol. The molecular weight excluding hydrogens is 272 g/mol. The fourth-order valence-electron chi connectivity index (χ4n) is 1.93. The van der Waals surface area contributed by atoms with E-state index in [1.54, 1.807) is 13.0 Å². The molecule has 0 amide bonds. The smallest absolute Gasteiger partial charge is 0.333 e. The standard InChI is InChI=1S/C9H12O2.C7H10O3/c1-2-4-7-5-3-6-8(7)9(10)11;1-5(2)7(8)10-4-6-3-9-6/h2,6-7H,1,3-5H2,(H,10,11);6H,1,3-4H2,2H3. The number of hydrogen-bond acceptors (Lipinski definition) is 4. The molecule has 5 heteroatoms. The van der Waals surface area contributed by atoms with Crippen LogP contribution in [0.1, 0.15) is 26.2 Å². The third kappa shape index (κ3) is 6.40. The van der Waals surface area contributed by atoms with Gasteiger partial charge in [0.25, 0.3) is 0 Å². The number of rotatable bonds is 6. The van der Waals surface area contributed by atoms with Gasteiger partial charge in [-0.1, -0.05) is 18.7 Å². The average molecular weight is 294 g/mol. The zero-order valence-electron chi connectivity index (χ0n) is 12.3. The van der Waals surface area contributed by atoms with E-state index in [2.05, 4.69) is 13.2 Å². The van der Waals surface area contributed by atoms with Crippen molar-refractivity contribution in [3.8, 4) is 0 Å². The quantitative estimate of drug-likeness (QED) is 0.352. The Morgan fingerprint density at radius 1 is 1.57 bits per heavy atom. The lowest BCUT2D eigenvalue weighted by Gasteiger charge is -2.07. The van der Waals surface area contributed by atoms with Crippen molar-refractivity contribution in [2.45, 2.75) is 32.3 Å². The molecular formula is C16H22O5. The molecule has 0 bridgehead atoms. The first-order chi connectivity index (χ1) is 9.95. The van der Waals surface area contributed by atoms with Crippen molar-refractivity contribution < 1.29 is 24.2 Å². The van der Waals surface area contributed by atoms with Crippen LogP contribution in [0, 0.1) is 5.92 Å². The largest absolute Gasteiger partial charge is 0.478 e. The number of carboxylic acid groups (broad SMARTS) is 1. The molecule has 2 rings (SSSR count). The number of carbonyl (C=O) groups is 2. The van der Waals surface area contributed by atoms with Gasteiger partial charge in [0, 0.05) is 11.1 Å². The van der Waals surface area contributed by atoms with Gasteiger partial charge >= 0.3 is 11.9 Å². The second kappa shape index (κ2) is 8.42. The van der Waals surface area contributed by atoms with Gasteiger partial charge in [-0.05, 0) is 32.1 Å². The summed E-state index contributed by atoms with van der Waals surface area (Å²) in [4.78, 5) is 21.3. The summed E-state index contributed by atoms with van der Waals surface area (Å²) in [5.41, 5.74) is 1.01. The summed E-state index contributed by atoms with van der Waals surface area (Å²) in [5.74, 6) is -0.894. The van der Waals surface area contributed by atoms with Crippen molar-refractivity contribution in [2.75, 3.05) is 13.2 Å². The summed E-state index contributed by atoms with van der Waals surface area (Å²) in [7, 11) is 0. The molecule has 1 aliphatic heterocycles. The molecule has 1 heterocycles. The molecule has 0 saturated carbocycles. The minimum absolute atomic E-state index is 0.142. The van der Waals surface area contributed by atoms with Gasteiger partial charge < -0.3 is 14.6 Å². The number of allylic oxidation sites excluding steroid dienone is 2. The first kappa shape index (κ1) is 17.2. The van der Waals surface area contributed by atoms with Crippen LogP contribution in [0.2, 0.25) is 0 Å². The lowest BCUT2D eigenvalue weighted by atomic mass is 9.98. The average Bonchev–Trinajstić information content (AvgIpc) is 3.14. The molecule has 1 N–H and O–H groups in total. The Balaban J connectivity index is 0.000000211. The Morgan fingerprint density at radius 3 is 2.71 bits per heavy atom. The van der Waals surface area contributed by atoms with E-state index in [1.807, 2.05) is 6.08 Å². The summed E-state index contributed by atoms with van der Waals surface area (Å²) in [5, 5.41) is 8.71. The summed E-state index contributed by atoms with van der Waals surface area (Å²) >= 11 is 0. The van der Waals surface area contributed by atoms with Gasteiger partial charge in [0.2, 0.25) is 0 Å². The Hall–Kier alpha value is -1.88. The molecule has 2 atom stereocenters. The number of carboxylic acids is 1. The maximum atomic E-state index is 10.7. The summed E-state index contributed by atoms with van der Waals surface area (Å²) in [6.07, 6.45) is 6.40. The zero-order chi connectivity index (χ0) is 15.8. The summed E-state index contributed by atoms with van der Waals surface area (Å²) < 4.78 is 9.60. The van der Waals surface area contributed by atoms with E-state index in [1.165, 1.54) is 0 Å². The molecule has 5 nitrogen and oxygen atoms in total. The van der Waals surface area contributed by atoms with E-state index in [0.717, 1.165) is 19.3 Å². The van der Waals surface area contributed by atoms with E-state index in [0.29, 0.717) is 24.4 Å². The van der Waals surface area contributed by atoms with Crippen LogP contribution in [0.25, 0.3) is 0 Å². The van der Waals surface area contributed by atoms with E-state index in [9.17, 15) is 9.59 Å². The van der Waals surface area contributed by atoms with Gasteiger partial charge in [-0.15, -0.1) is 6.58 Å². The zero-order valence-corrected chi connectivity index (χ0v) is 12.3. The van der Waals surface area contributed by atoms with Crippen LogP contribution in [0.15, 0.2) is 36.5 Å². The van der Waals surface area contributed by atoms with Crippen LogP contribution in [-0.2, 0) is 19.1 Å². The first-order valence-electron chi connectivity index (χ1n) is 6.94. The third-order valence-corrected chi connectivity index (χ3v) is 3.17. The van der Waals surface area contributed by atoms with Gasteiger partial charge in [-0.3, -0.25) is 0 Å². The van der Waals surface area contributed by atoms with E-state index in [4.69, 9.17) is 14.6 Å². The third-order valence-electron chi connectivity index (χ3n) is 3.17. The molecule has 0 aromatic carbocycles. The lowest BCUT2D eigenvalue weighted by Crippen LogP contribution is -2.09. The van der Waals surface area contributed by atoms with Crippen molar-refractivity contribution in [2.24, 2.45) is 5.92 Å². The van der Waals surface area contributed by atoms with Crippen LogP contribution < -0.4 is 0 Å². The highest BCUT2D eigenvalue weighted by Crippen LogP contribution is 2.28. The molecule has 0 spiro atoms. The molecule has 2 unspecified atom stereocenters. The lowest BCUT2D eigenvalue weighted by molar-refractivity contribution is -0.139. The van der Waals surface area contributed by atoms with Gasteiger partial charge in [0.05, 0.1) is 6.61 Å². The molecule has 1 saturated heterocycles. The minimum atomic E-state index is -0.769. The van der Waals surface area contributed by atoms with E-state index in [-0.39, 0.29) is 18.0 Å². The molecule has 116 valence electrons. The predicted octanol–water partition coefficient (Wildman–Crippen LogP) is 2.49. The van der Waals surface area contributed by atoms with Crippen LogP contribution >= 0.6 is 0 Å². The van der Waals surface area contributed by atoms with Gasteiger partial charge in [-0.25, -0.2) is 9.59 Å². The maximum absolute atomic E-state index is 10.7. The summed E-state index contributed by atoms with van der Waals surface area (Å²) in [6, 6.07) is 0. The molecule has 1 aliphatic carbocycles. The molecule has 0 aromatic heterocycles. The second-order valence-electron chi connectivity index (χ2n) is 5.10. The van der Waals surface area contributed by atoms with Crippen molar-refractivity contribution in [3.05, 3.63) is 36.5 Å². The topological polar surface area (TPSA) is 76.1 Å². The minimum Gasteiger partial charge on any atom is -0.478 e. The number of esters is 1. The van der Waals surface area contributed by atoms with Crippen molar-refractivity contribution in [1.29, 1.82) is 0 Å². The molecule has 0 radical (unpaired) electrons. The predicted molar refractivity (Wildman–Crippen MR) is 78.8 cm³/mol. The van der Waals surface area contributed by atoms with Crippen molar-refractivity contribution in [3.63, 3.8) is 0 Å². The molecule has 21 heavy (non-hydrogen) atoms. The maximum Gasteiger partial charge on any atom is 0.333 e. The summed E-state index contributed by atoms with van der Waals surface area (Å²) in [6.45, 7) is 9.74. The molecule has 2 aliphatic rings. The van der Waals surface area contributed by atoms with Crippen molar-refractivity contribution >= 4 is 11.9 Å². The van der Waals surface area contributed by atoms with Gasteiger partial charge in [-0.2, -0.15) is 0 Å². The Kier molecular flexibility index (Phi) is 6.88. The number of hydrogen-bond donors (Lipinski definition) is 1. The van der Waals surface area contributed by atoms with E-state index >= 15 is 0 Å². The highest BCUT2D eigenvalue weighted by Gasteiger charge is 2.24. The number of carbonyl (C=O) groups excluding carboxylic acids is 1. The second-order valence-corrected chi connectivity index (χ2v) is 5.10. The Labute approximate surface area is 124 Å². The normalized spacial score (nSPS) is 22.4.